The van der Waals surface area contributed by atoms with Gasteiger partial charge in [0, 0.05) is 24.7 Å². The fourth-order valence-electron chi connectivity index (χ4n) is 3.21. The van der Waals surface area contributed by atoms with Gasteiger partial charge in [-0.05, 0) is 45.1 Å². The summed E-state index contributed by atoms with van der Waals surface area (Å²) in [5.41, 5.74) is -1.10. The number of ether oxygens (including phenoxy) is 1. The Morgan fingerprint density at radius 2 is 2.11 bits per heavy atom. The molecule has 0 aliphatic heterocycles. The molecule has 28 heavy (non-hydrogen) atoms. The summed E-state index contributed by atoms with van der Waals surface area (Å²) < 4.78 is 4.90. The van der Waals surface area contributed by atoms with Crippen molar-refractivity contribution in [3.05, 3.63) is 36.5 Å². The molecule has 0 saturated carbocycles. The van der Waals surface area contributed by atoms with Gasteiger partial charge in [-0.1, -0.05) is 49.6 Å². The molecular weight excluding hydrogens is 352 g/mol. The Kier molecular flexibility index (Phi) is 11.2. The summed E-state index contributed by atoms with van der Waals surface area (Å²) >= 11 is 0. The average molecular weight is 387 g/mol. The second kappa shape index (κ2) is 13.1. The molecule has 0 radical (unpaired) electrons. The molecule has 154 valence electrons. The zero-order chi connectivity index (χ0) is 20.8. The SMILES string of the molecule is C#CC(O)(CC=C[C@H]1C=CC(=O)[C@@H]1CC=CCCCC(=O)OCC)CCCC. The number of terminal acetylenes is 1. The predicted molar refractivity (Wildman–Crippen MR) is 112 cm³/mol. The summed E-state index contributed by atoms with van der Waals surface area (Å²) in [4.78, 5) is 23.4. The van der Waals surface area contributed by atoms with Gasteiger partial charge in [0.15, 0.2) is 5.78 Å². The second-order valence-corrected chi connectivity index (χ2v) is 7.26. The highest BCUT2D eigenvalue weighted by atomic mass is 16.5. The quantitative estimate of drug-likeness (QED) is 0.218. The minimum Gasteiger partial charge on any atom is -0.466 e. The van der Waals surface area contributed by atoms with Gasteiger partial charge in [0.2, 0.25) is 0 Å². The van der Waals surface area contributed by atoms with Crippen molar-refractivity contribution in [2.75, 3.05) is 6.61 Å². The van der Waals surface area contributed by atoms with E-state index in [0.717, 1.165) is 25.7 Å². The lowest BCUT2D eigenvalue weighted by Gasteiger charge is -2.20. The van der Waals surface area contributed by atoms with Crippen LogP contribution in [0.3, 0.4) is 0 Å². The number of ketones is 1. The van der Waals surface area contributed by atoms with Gasteiger partial charge in [-0.2, -0.15) is 0 Å². The third-order valence-corrected chi connectivity index (χ3v) is 4.95. The molecule has 0 spiro atoms. The van der Waals surface area contributed by atoms with E-state index in [1.807, 2.05) is 30.4 Å². The normalized spacial score (nSPS) is 21.3. The van der Waals surface area contributed by atoms with Crippen molar-refractivity contribution in [3.63, 3.8) is 0 Å². The molecule has 0 amide bonds. The topological polar surface area (TPSA) is 63.6 Å². The average Bonchev–Trinajstić information content (AvgIpc) is 3.03. The van der Waals surface area contributed by atoms with Crippen molar-refractivity contribution in [1.29, 1.82) is 0 Å². The molecule has 0 saturated heterocycles. The van der Waals surface area contributed by atoms with E-state index in [9.17, 15) is 14.7 Å². The number of allylic oxidation sites excluding steroid dienone is 5. The van der Waals surface area contributed by atoms with Crippen LogP contribution in [0.4, 0.5) is 0 Å². The fraction of sp³-hybridized carbons (Fsp3) is 0.583. The summed E-state index contributed by atoms with van der Waals surface area (Å²) in [6, 6.07) is 0. The van der Waals surface area contributed by atoms with Gasteiger partial charge >= 0.3 is 5.97 Å². The zero-order valence-corrected chi connectivity index (χ0v) is 17.2. The van der Waals surface area contributed by atoms with Gasteiger partial charge in [0.25, 0.3) is 0 Å². The largest absolute Gasteiger partial charge is 0.466 e. The van der Waals surface area contributed by atoms with E-state index in [-0.39, 0.29) is 23.6 Å². The molecular formula is C24H34O4. The van der Waals surface area contributed by atoms with Crippen LogP contribution in [-0.2, 0) is 14.3 Å². The molecule has 0 fully saturated rings. The van der Waals surface area contributed by atoms with E-state index in [2.05, 4.69) is 12.8 Å². The first-order valence-electron chi connectivity index (χ1n) is 10.3. The van der Waals surface area contributed by atoms with E-state index >= 15 is 0 Å². The highest BCUT2D eigenvalue weighted by molar-refractivity contribution is 5.95. The van der Waals surface area contributed by atoms with Crippen molar-refractivity contribution >= 4 is 11.8 Å². The van der Waals surface area contributed by atoms with Crippen LogP contribution in [0.2, 0.25) is 0 Å². The van der Waals surface area contributed by atoms with Gasteiger partial charge in [0.05, 0.1) is 6.61 Å². The van der Waals surface area contributed by atoms with E-state index < -0.39 is 5.60 Å². The van der Waals surface area contributed by atoms with Gasteiger partial charge in [-0.15, -0.1) is 6.42 Å². The molecule has 0 aromatic rings. The standard InChI is InChI=1S/C24H34O4/c1-4-7-18-24(27,5-2)19-12-13-20-16-17-22(25)21(20)14-10-8-9-11-15-23(26)28-6-3/h2,8,10,12-13,16-17,20-21,27H,4,6-7,9,11,14-15,18-19H2,1,3H3/t20-,21+,24?/m0/s1. The highest BCUT2D eigenvalue weighted by Crippen LogP contribution is 2.28. The Hall–Kier alpha value is -2.12. The maximum Gasteiger partial charge on any atom is 0.305 e. The van der Waals surface area contributed by atoms with Crippen molar-refractivity contribution in [2.24, 2.45) is 11.8 Å². The van der Waals surface area contributed by atoms with Crippen LogP contribution in [0.15, 0.2) is 36.5 Å². The molecule has 0 aromatic carbocycles. The predicted octanol–water partition coefficient (Wildman–Crippen LogP) is 4.54. The first-order valence-corrected chi connectivity index (χ1v) is 10.3. The molecule has 4 nitrogen and oxygen atoms in total. The minimum absolute atomic E-state index is 0.0323. The van der Waals surface area contributed by atoms with Crippen molar-refractivity contribution in [2.45, 2.75) is 70.8 Å². The van der Waals surface area contributed by atoms with Crippen LogP contribution in [0.25, 0.3) is 0 Å². The minimum atomic E-state index is -1.10. The molecule has 0 heterocycles. The Labute approximate surface area is 169 Å². The molecule has 3 atom stereocenters. The molecule has 1 aliphatic rings. The number of hydrogen-bond donors (Lipinski definition) is 1. The smallest absolute Gasteiger partial charge is 0.305 e. The lowest BCUT2D eigenvalue weighted by Crippen LogP contribution is -2.25. The highest BCUT2D eigenvalue weighted by Gasteiger charge is 2.27. The molecule has 1 N–H and O–H groups in total. The fourth-order valence-corrected chi connectivity index (χ4v) is 3.21. The second-order valence-electron chi connectivity index (χ2n) is 7.26. The molecule has 0 aromatic heterocycles. The van der Waals surface area contributed by atoms with Gasteiger partial charge in [0.1, 0.15) is 5.60 Å². The Balaban J connectivity index is 2.45. The molecule has 0 bridgehead atoms. The third kappa shape index (κ3) is 8.71. The maximum atomic E-state index is 12.1. The number of esters is 1. The first-order chi connectivity index (χ1) is 13.5. The monoisotopic (exact) mass is 386 g/mol. The zero-order valence-electron chi connectivity index (χ0n) is 17.2. The molecule has 1 unspecified atom stereocenters. The third-order valence-electron chi connectivity index (χ3n) is 4.95. The maximum absolute atomic E-state index is 12.1. The Morgan fingerprint density at radius 1 is 1.32 bits per heavy atom. The van der Waals surface area contributed by atoms with E-state index in [1.54, 1.807) is 13.0 Å². The lowest BCUT2D eigenvalue weighted by molar-refractivity contribution is -0.143. The summed E-state index contributed by atoms with van der Waals surface area (Å²) in [5, 5.41) is 10.4. The van der Waals surface area contributed by atoms with Crippen LogP contribution < -0.4 is 0 Å². The molecule has 4 heteroatoms. The number of aliphatic hydroxyl groups is 1. The van der Waals surface area contributed by atoms with Crippen LogP contribution in [0.5, 0.6) is 0 Å². The molecule has 1 rings (SSSR count). The summed E-state index contributed by atoms with van der Waals surface area (Å²) in [6.45, 7) is 4.28. The number of carbonyl (C=O) groups excluding carboxylic acids is 2. The van der Waals surface area contributed by atoms with Crippen molar-refractivity contribution in [3.8, 4) is 12.3 Å². The van der Waals surface area contributed by atoms with Gasteiger partial charge < -0.3 is 9.84 Å². The Bertz CT molecular complexity index is 623. The van der Waals surface area contributed by atoms with Gasteiger partial charge in [-0.25, -0.2) is 0 Å². The van der Waals surface area contributed by atoms with E-state index in [4.69, 9.17) is 11.2 Å². The first kappa shape index (κ1) is 23.9. The number of rotatable bonds is 13. The van der Waals surface area contributed by atoms with E-state index in [0.29, 0.717) is 32.3 Å². The summed E-state index contributed by atoms with van der Waals surface area (Å²) in [7, 11) is 0. The van der Waals surface area contributed by atoms with Crippen LogP contribution in [0.1, 0.15) is 65.2 Å². The van der Waals surface area contributed by atoms with Crippen molar-refractivity contribution in [1.82, 2.24) is 0 Å². The van der Waals surface area contributed by atoms with Crippen LogP contribution in [-0.4, -0.2) is 29.1 Å². The number of carbonyl (C=O) groups is 2. The number of unbranched alkanes of at least 4 members (excludes halogenated alkanes) is 2. The molecule has 1 aliphatic carbocycles. The summed E-state index contributed by atoms with van der Waals surface area (Å²) in [5.74, 6) is 2.40. The van der Waals surface area contributed by atoms with Crippen LogP contribution in [0, 0.1) is 24.2 Å². The number of hydrogen-bond acceptors (Lipinski definition) is 4. The van der Waals surface area contributed by atoms with E-state index in [1.165, 1.54) is 0 Å². The van der Waals surface area contributed by atoms with Gasteiger partial charge in [-0.3, -0.25) is 9.59 Å². The van der Waals surface area contributed by atoms with Crippen molar-refractivity contribution < 1.29 is 19.4 Å². The summed E-state index contributed by atoms with van der Waals surface area (Å²) in [6.07, 6.45) is 22.4. The van der Waals surface area contributed by atoms with Crippen LogP contribution >= 0.6 is 0 Å². The Morgan fingerprint density at radius 3 is 2.79 bits per heavy atom. The lowest BCUT2D eigenvalue weighted by atomic mass is 9.89.